The van der Waals surface area contributed by atoms with Gasteiger partial charge in [-0.3, -0.25) is 5.10 Å². The largest absolute Gasteiger partial charge is 0.368 e. The Balaban J connectivity index is 1.64. The summed E-state index contributed by atoms with van der Waals surface area (Å²) < 4.78 is 0. The van der Waals surface area contributed by atoms with Crippen molar-refractivity contribution in [3.8, 4) is 0 Å². The molecule has 1 aromatic carbocycles. The van der Waals surface area contributed by atoms with Gasteiger partial charge in [-0.2, -0.15) is 15.1 Å². The van der Waals surface area contributed by atoms with E-state index in [0.717, 1.165) is 30.7 Å². The van der Waals surface area contributed by atoms with E-state index in [-0.39, 0.29) is 5.95 Å². The van der Waals surface area contributed by atoms with Gasteiger partial charge in [-0.15, -0.1) is 0 Å². The Labute approximate surface area is 137 Å². The summed E-state index contributed by atoms with van der Waals surface area (Å²) in [4.78, 5) is 14.5. The summed E-state index contributed by atoms with van der Waals surface area (Å²) in [5, 5.41) is 9.15. The van der Waals surface area contributed by atoms with Crippen LogP contribution >= 0.6 is 0 Å². The van der Waals surface area contributed by atoms with Crippen molar-refractivity contribution in [1.82, 2.24) is 25.1 Å². The van der Waals surface area contributed by atoms with E-state index in [1.807, 2.05) is 0 Å². The first-order valence-electron chi connectivity index (χ1n) is 8.01. The van der Waals surface area contributed by atoms with Gasteiger partial charge in [0.1, 0.15) is 5.82 Å². The topological polar surface area (TPSA) is 99.5 Å². The van der Waals surface area contributed by atoms with Gasteiger partial charge in [0.2, 0.25) is 5.95 Å². The van der Waals surface area contributed by atoms with Gasteiger partial charge < -0.3 is 15.6 Å². The minimum Gasteiger partial charge on any atom is -0.368 e. The molecule has 0 atom stereocenters. The number of fused-ring (bicyclic) bond motifs is 4. The predicted octanol–water partition coefficient (Wildman–Crippen LogP) is 2.29. The van der Waals surface area contributed by atoms with Gasteiger partial charge in [-0.25, -0.2) is 0 Å². The third-order valence-corrected chi connectivity index (χ3v) is 4.83. The fraction of sp³-hybridized carbons (Fsp3) is 0.235. The molecular weight excluding hydrogens is 302 g/mol. The lowest BCUT2D eigenvalue weighted by molar-refractivity contribution is 0.719. The van der Waals surface area contributed by atoms with E-state index < -0.39 is 0 Å². The first-order valence-corrected chi connectivity index (χ1v) is 8.01. The molecule has 3 aromatic heterocycles. The second kappa shape index (κ2) is 4.70. The van der Waals surface area contributed by atoms with Crippen molar-refractivity contribution in [2.24, 2.45) is 0 Å². The average Bonchev–Trinajstić information content (AvgIpc) is 3.18. The van der Waals surface area contributed by atoms with Crippen molar-refractivity contribution in [3.63, 3.8) is 0 Å². The summed E-state index contributed by atoms with van der Waals surface area (Å²) in [7, 11) is 0. The van der Waals surface area contributed by atoms with Crippen LogP contribution < -0.4 is 10.6 Å². The number of aromatic amines is 2. The fourth-order valence-electron chi connectivity index (χ4n) is 3.64. The van der Waals surface area contributed by atoms with Crippen molar-refractivity contribution < 1.29 is 0 Å². The smallest absolute Gasteiger partial charge is 0.224 e. The number of nitrogens with two attached hydrogens (primary N) is 1. The normalized spacial score (nSPS) is 14.5. The minimum absolute atomic E-state index is 0.266. The molecule has 0 spiro atoms. The number of hydrogen-bond donors (Lipinski definition) is 3. The van der Waals surface area contributed by atoms with Gasteiger partial charge in [0.05, 0.1) is 11.6 Å². The van der Waals surface area contributed by atoms with Crippen LogP contribution in [0.2, 0.25) is 0 Å². The van der Waals surface area contributed by atoms with E-state index in [2.05, 4.69) is 55.2 Å². The SMILES string of the molecule is Cc1cccc2c3c([nH]c12)CCN(c1nc(N)nc2[nH]ncc12)C3. The Kier molecular flexibility index (Phi) is 2.62. The van der Waals surface area contributed by atoms with E-state index in [1.54, 1.807) is 6.20 Å². The second-order valence-electron chi connectivity index (χ2n) is 6.29. The van der Waals surface area contributed by atoms with Crippen molar-refractivity contribution in [3.05, 3.63) is 41.2 Å². The summed E-state index contributed by atoms with van der Waals surface area (Å²) in [6, 6.07) is 6.44. The van der Waals surface area contributed by atoms with Crippen molar-refractivity contribution in [2.75, 3.05) is 17.2 Å². The molecule has 0 bridgehead atoms. The summed E-state index contributed by atoms with van der Waals surface area (Å²) in [5.74, 6) is 1.11. The highest BCUT2D eigenvalue weighted by molar-refractivity contribution is 5.90. The summed E-state index contributed by atoms with van der Waals surface area (Å²) >= 11 is 0. The number of nitrogen functional groups attached to an aromatic ring is 1. The molecule has 4 N–H and O–H groups in total. The average molecular weight is 319 g/mol. The van der Waals surface area contributed by atoms with Crippen LogP contribution in [0.3, 0.4) is 0 Å². The third kappa shape index (κ3) is 1.81. The first-order chi connectivity index (χ1) is 11.7. The van der Waals surface area contributed by atoms with Gasteiger partial charge in [-0.1, -0.05) is 18.2 Å². The van der Waals surface area contributed by atoms with Gasteiger partial charge >= 0.3 is 0 Å². The second-order valence-corrected chi connectivity index (χ2v) is 6.29. The molecule has 120 valence electrons. The molecule has 1 aliphatic heterocycles. The molecule has 0 unspecified atom stereocenters. The zero-order valence-electron chi connectivity index (χ0n) is 13.3. The molecule has 0 aliphatic carbocycles. The van der Waals surface area contributed by atoms with E-state index in [4.69, 9.17) is 5.73 Å². The van der Waals surface area contributed by atoms with Gasteiger partial charge in [0, 0.05) is 41.7 Å². The van der Waals surface area contributed by atoms with Crippen LogP contribution in [0.4, 0.5) is 11.8 Å². The zero-order valence-corrected chi connectivity index (χ0v) is 13.3. The molecule has 0 saturated heterocycles. The van der Waals surface area contributed by atoms with Crippen LogP contribution in [0.25, 0.3) is 21.9 Å². The molecule has 4 heterocycles. The highest BCUT2D eigenvalue weighted by Gasteiger charge is 2.24. The number of rotatable bonds is 1. The molecule has 5 rings (SSSR count). The number of benzene rings is 1. The molecular formula is C17H17N7. The monoisotopic (exact) mass is 319 g/mol. The molecule has 1 aliphatic rings. The molecule has 0 saturated carbocycles. The van der Waals surface area contributed by atoms with Crippen molar-refractivity contribution in [2.45, 2.75) is 19.9 Å². The van der Waals surface area contributed by atoms with Gasteiger partial charge in [0.25, 0.3) is 0 Å². The van der Waals surface area contributed by atoms with Crippen molar-refractivity contribution in [1.29, 1.82) is 0 Å². The number of hydrogen-bond acceptors (Lipinski definition) is 5. The number of nitrogens with zero attached hydrogens (tertiary/aromatic N) is 4. The number of aryl methyl sites for hydroxylation is 1. The maximum Gasteiger partial charge on any atom is 0.224 e. The lowest BCUT2D eigenvalue weighted by Gasteiger charge is -2.28. The molecule has 0 radical (unpaired) electrons. The third-order valence-electron chi connectivity index (χ3n) is 4.83. The van der Waals surface area contributed by atoms with E-state index in [0.29, 0.717) is 5.65 Å². The van der Waals surface area contributed by atoms with Crippen LogP contribution in [-0.2, 0) is 13.0 Å². The zero-order chi connectivity index (χ0) is 16.3. The maximum absolute atomic E-state index is 5.87. The van der Waals surface area contributed by atoms with Crippen LogP contribution in [0.15, 0.2) is 24.4 Å². The number of anilines is 2. The van der Waals surface area contributed by atoms with Crippen LogP contribution in [0.1, 0.15) is 16.8 Å². The molecule has 24 heavy (non-hydrogen) atoms. The molecule has 4 aromatic rings. The summed E-state index contributed by atoms with van der Waals surface area (Å²) in [5.41, 5.74) is 11.7. The van der Waals surface area contributed by atoms with Crippen LogP contribution in [-0.4, -0.2) is 31.7 Å². The summed E-state index contributed by atoms with van der Waals surface area (Å²) in [6.07, 6.45) is 2.71. The fourth-order valence-corrected chi connectivity index (χ4v) is 3.64. The Morgan fingerprint density at radius 1 is 1.21 bits per heavy atom. The van der Waals surface area contributed by atoms with Crippen LogP contribution in [0.5, 0.6) is 0 Å². The molecule has 7 nitrogen and oxygen atoms in total. The van der Waals surface area contributed by atoms with E-state index in [1.165, 1.54) is 27.7 Å². The molecule has 0 fully saturated rings. The standard InChI is InChI=1S/C17H17N7/c1-9-3-2-4-10-12-8-24(6-5-13(12)20-14(9)10)16-11-7-19-23-15(11)21-17(18)22-16/h2-4,7,20H,5-6,8H2,1H3,(H3,18,19,21,22,23). The van der Waals surface area contributed by atoms with E-state index in [9.17, 15) is 0 Å². The Morgan fingerprint density at radius 3 is 3.04 bits per heavy atom. The highest BCUT2D eigenvalue weighted by atomic mass is 15.2. The Hall–Kier alpha value is -3.09. The number of H-pyrrole nitrogens is 2. The lowest BCUT2D eigenvalue weighted by Crippen LogP contribution is -2.31. The van der Waals surface area contributed by atoms with Gasteiger partial charge in [-0.05, 0) is 12.5 Å². The Morgan fingerprint density at radius 2 is 2.12 bits per heavy atom. The number of nitrogens with one attached hydrogen (secondary N) is 2. The number of para-hydroxylation sites is 1. The number of aromatic nitrogens is 5. The molecule has 0 amide bonds. The van der Waals surface area contributed by atoms with E-state index >= 15 is 0 Å². The molecule has 7 heteroatoms. The van der Waals surface area contributed by atoms with Crippen molar-refractivity contribution >= 4 is 33.7 Å². The van der Waals surface area contributed by atoms with Gasteiger partial charge in [0.15, 0.2) is 5.65 Å². The summed E-state index contributed by atoms with van der Waals surface area (Å²) in [6.45, 7) is 3.83. The highest BCUT2D eigenvalue weighted by Crippen LogP contribution is 2.33. The van der Waals surface area contributed by atoms with Crippen LogP contribution in [0, 0.1) is 6.92 Å². The minimum atomic E-state index is 0.266. The first kappa shape index (κ1) is 13.4. The predicted molar refractivity (Wildman–Crippen MR) is 93.9 cm³/mol. The quantitative estimate of drug-likeness (QED) is 0.500. The lowest BCUT2D eigenvalue weighted by atomic mass is 10.0. The Bertz CT molecular complexity index is 1080. The maximum atomic E-state index is 5.87.